The van der Waals surface area contributed by atoms with Gasteiger partial charge in [0, 0.05) is 0 Å². The van der Waals surface area contributed by atoms with Crippen LogP contribution in [0.4, 0.5) is 0 Å². The van der Waals surface area contributed by atoms with Crippen LogP contribution in [0, 0.1) is 0 Å². The van der Waals surface area contributed by atoms with E-state index >= 15 is 0 Å². The van der Waals surface area contributed by atoms with E-state index in [1.54, 1.807) is 0 Å². The second-order valence-electron chi connectivity index (χ2n) is 1.47. The molecule has 0 saturated carbocycles. The van der Waals surface area contributed by atoms with Gasteiger partial charge in [0.05, 0.1) is 0 Å². The van der Waals surface area contributed by atoms with Crippen LogP contribution in [0.2, 0.25) is 6.04 Å². The van der Waals surface area contributed by atoms with Crippen LogP contribution in [0.15, 0.2) is 0 Å². The molecular formula is C4H11NO2Si. The van der Waals surface area contributed by atoms with Crippen molar-refractivity contribution in [2.24, 2.45) is 5.73 Å². The summed E-state index contributed by atoms with van der Waals surface area (Å²) in [6.45, 7) is 0.639. The van der Waals surface area contributed by atoms with Gasteiger partial charge in [-0.2, -0.15) is 0 Å². The molecule has 0 bridgehead atoms. The Hall–Kier alpha value is 0.0969. The predicted octanol–water partition coefficient (Wildman–Crippen LogP) is -1.27. The monoisotopic (exact) mass is 133 g/mol. The Morgan fingerprint density at radius 2 is 2.12 bits per heavy atom. The van der Waals surface area contributed by atoms with E-state index < -0.39 is 5.91 Å². The number of hydrogen-bond acceptors (Lipinski definition) is 3. The first-order valence-electron chi connectivity index (χ1n) is 2.57. The molecule has 2 radical (unpaired) electrons. The van der Waals surface area contributed by atoms with Crippen molar-refractivity contribution in [2.75, 3.05) is 6.54 Å². The Kier molecular flexibility index (Phi) is 5.30. The van der Waals surface area contributed by atoms with E-state index in [4.69, 9.17) is 15.9 Å². The van der Waals surface area contributed by atoms with Crippen LogP contribution in [0.1, 0.15) is 6.42 Å². The fraction of sp³-hybridized carbons (Fsp3) is 1.00. The quantitative estimate of drug-likeness (QED) is 0.254. The topological polar surface area (TPSA) is 66.5 Å². The average molecular weight is 133 g/mol. The molecule has 4 heteroatoms. The maximum Gasteiger partial charge on any atom is 0.130 e. The standard InChI is InChI=1S/C4H11NO2Si/c5-2-1-3-8-4(6)7/h4,6-7H,1-3,5H2. The summed E-state index contributed by atoms with van der Waals surface area (Å²) in [5, 5.41) is 16.6. The first kappa shape index (κ1) is 8.10. The number of nitrogens with two attached hydrogens (primary N) is 1. The number of aliphatic hydroxyl groups excluding tert-OH is 1. The van der Waals surface area contributed by atoms with Crippen LogP contribution in [0.5, 0.6) is 0 Å². The van der Waals surface area contributed by atoms with Crippen LogP contribution in [0.25, 0.3) is 0 Å². The normalized spacial score (nSPS) is 10.5. The molecule has 0 heterocycles. The largest absolute Gasteiger partial charge is 0.372 e. The maximum atomic E-state index is 8.31. The molecule has 0 aromatic heterocycles. The van der Waals surface area contributed by atoms with E-state index in [9.17, 15) is 0 Å². The Balaban J connectivity index is 2.72. The summed E-state index contributed by atoms with van der Waals surface area (Å²) >= 11 is 0. The van der Waals surface area contributed by atoms with Gasteiger partial charge in [0.15, 0.2) is 0 Å². The van der Waals surface area contributed by atoms with Crippen molar-refractivity contribution in [1.82, 2.24) is 0 Å². The molecule has 48 valence electrons. The first-order chi connectivity index (χ1) is 3.77. The molecule has 4 N–H and O–H groups in total. The fourth-order valence-electron chi connectivity index (χ4n) is 0.333. The van der Waals surface area contributed by atoms with Gasteiger partial charge >= 0.3 is 0 Å². The molecule has 0 aromatic carbocycles. The molecule has 3 nitrogen and oxygen atoms in total. The minimum absolute atomic E-state index is 0.227. The van der Waals surface area contributed by atoms with Crippen LogP contribution in [-0.4, -0.2) is 32.2 Å². The highest BCUT2D eigenvalue weighted by molar-refractivity contribution is 6.36. The highest BCUT2D eigenvalue weighted by atomic mass is 28.2. The number of aliphatic hydroxyl groups is 2. The number of rotatable bonds is 4. The third-order valence-electron chi connectivity index (χ3n) is 0.708. The van der Waals surface area contributed by atoms with Crippen LogP contribution >= 0.6 is 0 Å². The summed E-state index contributed by atoms with van der Waals surface area (Å²) < 4.78 is 0. The smallest absolute Gasteiger partial charge is 0.130 e. The molecule has 0 aliphatic rings. The van der Waals surface area contributed by atoms with Gasteiger partial charge in [-0.1, -0.05) is 6.04 Å². The van der Waals surface area contributed by atoms with Crippen LogP contribution in [-0.2, 0) is 0 Å². The molecular weight excluding hydrogens is 122 g/mol. The van der Waals surface area contributed by atoms with Crippen molar-refractivity contribution in [1.29, 1.82) is 0 Å². The summed E-state index contributed by atoms with van der Waals surface area (Å²) in [6, 6.07) is 0.828. The Labute approximate surface area is 51.3 Å². The van der Waals surface area contributed by atoms with Crippen molar-refractivity contribution < 1.29 is 10.2 Å². The van der Waals surface area contributed by atoms with Crippen molar-refractivity contribution >= 4 is 9.52 Å². The Bertz CT molecular complexity index is 51.3. The zero-order valence-electron chi connectivity index (χ0n) is 4.67. The molecule has 0 fully saturated rings. The van der Waals surface area contributed by atoms with Gasteiger partial charge in [-0.3, -0.25) is 0 Å². The lowest BCUT2D eigenvalue weighted by Crippen LogP contribution is -2.15. The van der Waals surface area contributed by atoms with Crippen molar-refractivity contribution in [3.63, 3.8) is 0 Å². The van der Waals surface area contributed by atoms with Gasteiger partial charge < -0.3 is 15.9 Å². The first-order valence-corrected chi connectivity index (χ1v) is 3.85. The summed E-state index contributed by atoms with van der Waals surface area (Å²) in [7, 11) is 0.227. The third kappa shape index (κ3) is 6.10. The van der Waals surface area contributed by atoms with Gasteiger partial charge in [-0.25, -0.2) is 0 Å². The fourth-order valence-corrected chi connectivity index (χ4v) is 1.000. The third-order valence-corrected chi connectivity index (χ3v) is 1.72. The predicted molar refractivity (Wildman–Crippen MR) is 32.5 cm³/mol. The highest BCUT2D eigenvalue weighted by Gasteiger charge is 1.96. The minimum atomic E-state index is -1.12. The summed E-state index contributed by atoms with van der Waals surface area (Å²) in [5.41, 5.74) is 5.16. The van der Waals surface area contributed by atoms with Gasteiger partial charge in [0.25, 0.3) is 0 Å². The van der Waals surface area contributed by atoms with Gasteiger partial charge in [0.1, 0.15) is 15.4 Å². The van der Waals surface area contributed by atoms with E-state index in [0.717, 1.165) is 12.5 Å². The SMILES string of the molecule is NCCC[Si]C(O)O. The summed E-state index contributed by atoms with van der Waals surface area (Å²) in [5.74, 6) is -1.12. The average Bonchev–Trinajstić information content (AvgIpc) is 1.66. The van der Waals surface area contributed by atoms with E-state index in [1.165, 1.54) is 0 Å². The molecule has 0 saturated heterocycles. The zero-order chi connectivity index (χ0) is 6.41. The lowest BCUT2D eigenvalue weighted by molar-refractivity contribution is 0.0289. The Morgan fingerprint density at radius 1 is 1.50 bits per heavy atom. The van der Waals surface area contributed by atoms with Crippen molar-refractivity contribution in [3.8, 4) is 0 Å². The molecule has 0 rings (SSSR count). The Morgan fingerprint density at radius 3 is 2.50 bits per heavy atom. The molecule has 8 heavy (non-hydrogen) atoms. The van der Waals surface area contributed by atoms with Gasteiger partial charge in [-0.05, 0) is 13.0 Å². The minimum Gasteiger partial charge on any atom is -0.372 e. The van der Waals surface area contributed by atoms with Gasteiger partial charge in [0.2, 0.25) is 0 Å². The zero-order valence-corrected chi connectivity index (χ0v) is 5.67. The van der Waals surface area contributed by atoms with Crippen LogP contribution < -0.4 is 5.73 Å². The summed E-state index contributed by atoms with van der Waals surface area (Å²) in [6.07, 6.45) is 0.885. The second kappa shape index (κ2) is 5.24. The highest BCUT2D eigenvalue weighted by Crippen LogP contribution is 1.86. The molecule has 0 spiro atoms. The molecule has 0 aliphatic carbocycles. The maximum absolute atomic E-state index is 8.31. The second-order valence-corrected chi connectivity index (χ2v) is 2.89. The van der Waals surface area contributed by atoms with Crippen LogP contribution in [0.3, 0.4) is 0 Å². The lowest BCUT2D eigenvalue weighted by Gasteiger charge is -1.97. The van der Waals surface area contributed by atoms with Gasteiger partial charge in [-0.15, -0.1) is 0 Å². The van der Waals surface area contributed by atoms with Crippen molar-refractivity contribution in [2.45, 2.75) is 18.4 Å². The molecule has 0 aliphatic heterocycles. The summed E-state index contributed by atoms with van der Waals surface area (Å²) in [4.78, 5) is 0. The number of hydrogen-bond donors (Lipinski definition) is 3. The van der Waals surface area contributed by atoms with E-state index in [1.807, 2.05) is 0 Å². The molecule has 0 atom stereocenters. The van der Waals surface area contributed by atoms with E-state index in [0.29, 0.717) is 6.54 Å². The molecule has 0 aromatic rings. The molecule has 0 unspecified atom stereocenters. The van der Waals surface area contributed by atoms with E-state index in [-0.39, 0.29) is 9.52 Å². The lowest BCUT2D eigenvalue weighted by atomic mass is 10.5. The van der Waals surface area contributed by atoms with Crippen molar-refractivity contribution in [3.05, 3.63) is 0 Å². The van der Waals surface area contributed by atoms with E-state index in [2.05, 4.69) is 0 Å². The molecule has 0 amide bonds.